The molecule has 1 N–H and O–H groups in total. The zero-order valence-electron chi connectivity index (χ0n) is 18.8. The van der Waals surface area contributed by atoms with Crippen LogP contribution in [0.3, 0.4) is 0 Å². The van der Waals surface area contributed by atoms with Gasteiger partial charge in [0.1, 0.15) is 17.2 Å². The monoisotopic (exact) mass is 433 g/mol. The zero-order valence-corrected chi connectivity index (χ0v) is 18.8. The Labute approximate surface area is 181 Å². The van der Waals surface area contributed by atoms with Crippen LogP contribution in [0.1, 0.15) is 56.8 Å². The highest BCUT2D eigenvalue weighted by Crippen LogP contribution is 2.33. The van der Waals surface area contributed by atoms with E-state index < -0.39 is 35.3 Å². The van der Waals surface area contributed by atoms with Gasteiger partial charge in [0.25, 0.3) is 0 Å². The molecule has 0 saturated carbocycles. The number of benzene rings is 2. The number of hydrogen-bond donors (Lipinski definition) is 1. The molecule has 5 nitrogen and oxygen atoms in total. The predicted octanol–water partition coefficient (Wildman–Crippen LogP) is 5.77. The van der Waals surface area contributed by atoms with E-state index in [1.807, 2.05) is 0 Å². The highest BCUT2D eigenvalue weighted by Gasteiger charge is 2.27. The molecule has 0 heterocycles. The van der Waals surface area contributed by atoms with Crippen LogP contribution in [-0.2, 0) is 14.3 Å². The van der Waals surface area contributed by atoms with E-state index >= 15 is 4.39 Å². The van der Waals surface area contributed by atoms with Gasteiger partial charge in [-0.3, -0.25) is 4.79 Å². The second kappa shape index (κ2) is 9.90. The van der Waals surface area contributed by atoms with Crippen molar-refractivity contribution in [1.82, 2.24) is 5.32 Å². The quantitative estimate of drug-likeness (QED) is 0.588. The fraction of sp³-hybridized carbons (Fsp3) is 0.417. The Bertz CT molecular complexity index is 947. The van der Waals surface area contributed by atoms with Crippen LogP contribution < -0.4 is 5.32 Å². The molecule has 0 aliphatic carbocycles. The van der Waals surface area contributed by atoms with Crippen LogP contribution in [0.2, 0.25) is 0 Å². The molecular formula is C24H29F2NO4. The lowest BCUT2D eigenvalue weighted by Crippen LogP contribution is -2.36. The summed E-state index contributed by atoms with van der Waals surface area (Å²) in [5, 5.41) is 2.56. The number of hydrogen-bond acceptors (Lipinski definition) is 4. The minimum absolute atomic E-state index is 0.0524. The summed E-state index contributed by atoms with van der Waals surface area (Å²) >= 11 is 0. The van der Waals surface area contributed by atoms with Gasteiger partial charge >= 0.3 is 12.1 Å². The van der Waals surface area contributed by atoms with Gasteiger partial charge in [-0.15, -0.1) is 0 Å². The number of aryl methyl sites for hydroxylation is 2. The van der Waals surface area contributed by atoms with Crippen LogP contribution in [0.25, 0.3) is 11.1 Å². The number of esters is 1. The molecule has 0 aromatic heterocycles. The zero-order chi connectivity index (χ0) is 23.3. The lowest BCUT2D eigenvalue weighted by Gasteiger charge is -2.24. The average Bonchev–Trinajstić information content (AvgIpc) is 2.62. The molecule has 7 heteroatoms. The van der Waals surface area contributed by atoms with Gasteiger partial charge in [0, 0.05) is 11.1 Å². The van der Waals surface area contributed by atoms with Gasteiger partial charge in [0.15, 0.2) is 0 Å². The highest BCUT2D eigenvalue weighted by molar-refractivity contribution is 5.75. The van der Waals surface area contributed by atoms with Crippen molar-refractivity contribution in [1.29, 1.82) is 0 Å². The summed E-state index contributed by atoms with van der Waals surface area (Å²) in [5.74, 6) is -1.64. The minimum atomic E-state index is -1.06. The van der Waals surface area contributed by atoms with Crippen molar-refractivity contribution in [3.05, 3.63) is 58.7 Å². The molecule has 1 atom stereocenters. The topological polar surface area (TPSA) is 64.6 Å². The number of nitrogens with one attached hydrogen (secondary N) is 1. The molecule has 0 spiro atoms. The SMILES string of the molecule is CCOC(=O)C[C@H](NC(=O)OC(C)(C)C)c1cc(-c2c(C)cccc2F)cc(C)c1F. The molecule has 168 valence electrons. The molecule has 0 aliphatic rings. The highest BCUT2D eigenvalue weighted by atomic mass is 19.1. The molecule has 2 aromatic rings. The summed E-state index contributed by atoms with van der Waals surface area (Å²) in [4.78, 5) is 24.5. The predicted molar refractivity (Wildman–Crippen MR) is 115 cm³/mol. The lowest BCUT2D eigenvalue weighted by atomic mass is 9.92. The molecule has 0 aliphatic heterocycles. The standard InChI is InChI=1S/C24H29F2NO4/c1-7-30-20(28)13-19(27-23(29)31-24(4,5)6)17-12-16(11-15(3)22(17)26)21-14(2)9-8-10-18(21)25/h8-12,19H,7,13H2,1-6H3,(H,27,29)/t19-/m0/s1. The number of carbonyl (C=O) groups is 2. The smallest absolute Gasteiger partial charge is 0.408 e. The summed E-state index contributed by atoms with van der Waals surface area (Å²) in [6, 6.07) is 6.62. The molecule has 0 bridgehead atoms. The van der Waals surface area contributed by atoms with Crippen molar-refractivity contribution < 1.29 is 27.8 Å². The molecule has 2 rings (SSSR count). The summed E-state index contributed by atoms with van der Waals surface area (Å²) in [6.45, 7) is 10.2. The van der Waals surface area contributed by atoms with Crippen LogP contribution in [-0.4, -0.2) is 24.3 Å². The van der Waals surface area contributed by atoms with Crippen LogP contribution in [0.15, 0.2) is 30.3 Å². The van der Waals surface area contributed by atoms with E-state index in [4.69, 9.17) is 9.47 Å². The molecule has 0 radical (unpaired) electrons. The van der Waals surface area contributed by atoms with E-state index in [1.54, 1.807) is 59.7 Å². The summed E-state index contributed by atoms with van der Waals surface area (Å²) in [5.41, 5.74) is 0.994. The third kappa shape index (κ3) is 6.51. The first-order chi connectivity index (χ1) is 14.4. The number of carbonyl (C=O) groups excluding carboxylic acids is 2. The molecule has 31 heavy (non-hydrogen) atoms. The lowest BCUT2D eigenvalue weighted by molar-refractivity contribution is -0.143. The van der Waals surface area contributed by atoms with E-state index in [-0.39, 0.29) is 24.2 Å². The first-order valence-electron chi connectivity index (χ1n) is 10.1. The molecule has 0 saturated heterocycles. The Morgan fingerprint density at radius 2 is 1.77 bits per heavy atom. The maximum absolute atomic E-state index is 15.1. The van der Waals surface area contributed by atoms with Gasteiger partial charge in [-0.2, -0.15) is 0 Å². The van der Waals surface area contributed by atoms with Gasteiger partial charge in [0.05, 0.1) is 19.1 Å². The van der Waals surface area contributed by atoms with Crippen molar-refractivity contribution in [2.24, 2.45) is 0 Å². The van der Waals surface area contributed by atoms with E-state index in [0.29, 0.717) is 16.7 Å². The minimum Gasteiger partial charge on any atom is -0.466 e. The van der Waals surface area contributed by atoms with Gasteiger partial charge in [-0.05, 0) is 76.4 Å². The summed E-state index contributed by atoms with van der Waals surface area (Å²) in [7, 11) is 0. The molecular weight excluding hydrogens is 404 g/mol. The largest absolute Gasteiger partial charge is 0.466 e. The molecule has 0 unspecified atom stereocenters. The van der Waals surface area contributed by atoms with Crippen molar-refractivity contribution >= 4 is 12.1 Å². The van der Waals surface area contributed by atoms with Gasteiger partial charge in [0.2, 0.25) is 0 Å². The second-order valence-corrected chi connectivity index (χ2v) is 8.34. The van der Waals surface area contributed by atoms with Crippen molar-refractivity contribution in [3.8, 4) is 11.1 Å². The van der Waals surface area contributed by atoms with Crippen LogP contribution >= 0.6 is 0 Å². The fourth-order valence-corrected chi connectivity index (χ4v) is 3.27. The number of alkyl carbamates (subject to hydrolysis) is 1. The summed E-state index contributed by atoms with van der Waals surface area (Å²) in [6.07, 6.45) is -1.10. The van der Waals surface area contributed by atoms with Gasteiger partial charge in [-0.25, -0.2) is 13.6 Å². The average molecular weight is 433 g/mol. The number of halogens is 2. The van der Waals surface area contributed by atoms with Crippen LogP contribution in [0.4, 0.5) is 13.6 Å². The maximum Gasteiger partial charge on any atom is 0.408 e. The Morgan fingerprint density at radius 1 is 1.10 bits per heavy atom. The Morgan fingerprint density at radius 3 is 2.35 bits per heavy atom. The maximum atomic E-state index is 15.1. The van der Waals surface area contributed by atoms with Crippen molar-refractivity contribution in [3.63, 3.8) is 0 Å². The van der Waals surface area contributed by atoms with E-state index in [9.17, 15) is 14.0 Å². The molecule has 2 aromatic carbocycles. The van der Waals surface area contributed by atoms with Gasteiger partial charge < -0.3 is 14.8 Å². The molecule has 0 fully saturated rings. The van der Waals surface area contributed by atoms with Gasteiger partial charge in [-0.1, -0.05) is 12.1 Å². The van der Waals surface area contributed by atoms with Crippen molar-refractivity contribution in [2.45, 2.75) is 59.6 Å². The number of ether oxygens (including phenoxy) is 2. The first-order valence-corrected chi connectivity index (χ1v) is 10.1. The van der Waals surface area contributed by atoms with E-state index in [2.05, 4.69) is 5.32 Å². The molecule has 1 amide bonds. The Hall–Kier alpha value is -2.96. The van der Waals surface area contributed by atoms with E-state index in [0.717, 1.165) is 0 Å². The van der Waals surface area contributed by atoms with E-state index in [1.165, 1.54) is 12.1 Å². The Kier molecular flexibility index (Phi) is 7.76. The second-order valence-electron chi connectivity index (χ2n) is 8.34. The first kappa shape index (κ1) is 24.3. The van der Waals surface area contributed by atoms with Crippen LogP contribution in [0, 0.1) is 25.5 Å². The normalized spacial score (nSPS) is 12.3. The number of amides is 1. The Balaban J connectivity index is 2.54. The fourth-order valence-electron chi connectivity index (χ4n) is 3.27. The number of rotatable bonds is 6. The van der Waals surface area contributed by atoms with Crippen LogP contribution in [0.5, 0.6) is 0 Å². The summed E-state index contributed by atoms with van der Waals surface area (Å²) < 4.78 is 39.9. The third-order valence-corrected chi connectivity index (χ3v) is 4.54. The third-order valence-electron chi connectivity index (χ3n) is 4.54. The van der Waals surface area contributed by atoms with Crippen molar-refractivity contribution in [2.75, 3.05) is 6.61 Å².